The van der Waals surface area contributed by atoms with E-state index in [0.717, 1.165) is 21.2 Å². The van der Waals surface area contributed by atoms with E-state index in [4.69, 9.17) is 0 Å². The van der Waals surface area contributed by atoms with Gasteiger partial charge in [-0.3, -0.25) is 4.98 Å². The van der Waals surface area contributed by atoms with E-state index in [1.807, 2.05) is 32.0 Å². The van der Waals surface area contributed by atoms with Crippen molar-refractivity contribution in [2.75, 3.05) is 0 Å². The fraction of sp³-hybridized carbons (Fsp3) is 0.214. The van der Waals surface area contributed by atoms with Gasteiger partial charge in [-0.1, -0.05) is 23.8 Å². The summed E-state index contributed by atoms with van der Waals surface area (Å²) in [6, 6.07) is 7.94. The first-order valence-corrected chi connectivity index (χ1v) is 6.23. The van der Waals surface area contributed by atoms with Crippen LogP contribution in [0.2, 0.25) is 0 Å². The maximum Gasteiger partial charge on any atom is 0.106 e. The molecule has 0 aliphatic carbocycles. The summed E-state index contributed by atoms with van der Waals surface area (Å²) in [6.07, 6.45) is 2.77. The van der Waals surface area contributed by atoms with Gasteiger partial charge in [0.15, 0.2) is 0 Å². The molecule has 0 aliphatic rings. The van der Waals surface area contributed by atoms with E-state index in [9.17, 15) is 5.11 Å². The van der Waals surface area contributed by atoms with Gasteiger partial charge in [-0.05, 0) is 47.0 Å². The predicted molar refractivity (Wildman–Crippen MR) is 71.9 cm³/mol. The summed E-state index contributed by atoms with van der Waals surface area (Å²) in [4.78, 5) is 4.07. The molecule has 0 fully saturated rings. The Morgan fingerprint density at radius 3 is 2.59 bits per heavy atom. The fourth-order valence-electron chi connectivity index (χ4n) is 1.89. The third kappa shape index (κ3) is 2.73. The summed E-state index contributed by atoms with van der Waals surface area (Å²) in [6.45, 7) is 4.06. The highest BCUT2D eigenvalue weighted by atomic mass is 79.9. The molecule has 2 aromatic rings. The summed E-state index contributed by atoms with van der Waals surface area (Å²) in [5.74, 6) is 0. The number of halogens is 1. The molecule has 88 valence electrons. The highest BCUT2D eigenvalue weighted by Gasteiger charge is 2.13. The molecule has 2 nitrogen and oxygen atoms in total. The van der Waals surface area contributed by atoms with Gasteiger partial charge in [0.05, 0.1) is 0 Å². The minimum atomic E-state index is -0.624. The SMILES string of the molecule is Cc1ccc(C(O)c2cncc(Br)c2)c(C)c1. The maximum absolute atomic E-state index is 10.3. The summed E-state index contributed by atoms with van der Waals surface area (Å²) in [5.41, 5.74) is 4.02. The van der Waals surface area contributed by atoms with Crippen LogP contribution >= 0.6 is 15.9 Å². The Morgan fingerprint density at radius 1 is 1.18 bits per heavy atom. The lowest BCUT2D eigenvalue weighted by molar-refractivity contribution is 0.219. The van der Waals surface area contributed by atoms with Gasteiger partial charge in [0.2, 0.25) is 0 Å². The first kappa shape index (κ1) is 12.3. The van der Waals surface area contributed by atoms with Crippen molar-refractivity contribution in [3.8, 4) is 0 Å². The Hall–Kier alpha value is -1.19. The number of aryl methyl sites for hydroxylation is 2. The highest BCUT2D eigenvalue weighted by Crippen LogP contribution is 2.26. The summed E-state index contributed by atoms with van der Waals surface area (Å²) in [7, 11) is 0. The van der Waals surface area contributed by atoms with E-state index in [-0.39, 0.29) is 0 Å². The van der Waals surface area contributed by atoms with E-state index >= 15 is 0 Å². The van der Waals surface area contributed by atoms with Gasteiger partial charge in [-0.15, -0.1) is 0 Å². The molecule has 1 heterocycles. The van der Waals surface area contributed by atoms with Crippen molar-refractivity contribution in [2.45, 2.75) is 20.0 Å². The van der Waals surface area contributed by atoms with Crippen molar-refractivity contribution in [3.63, 3.8) is 0 Å². The number of hydrogen-bond donors (Lipinski definition) is 1. The van der Waals surface area contributed by atoms with E-state index in [0.29, 0.717) is 0 Å². The van der Waals surface area contributed by atoms with Crippen molar-refractivity contribution in [1.82, 2.24) is 4.98 Å². The first-order chi connectivity index (χ1) is 8.08. The second-order valence-corrected chi connectivity index (χ2v) is 5.11. The molecular formula is C14H14BrNO. The van der Waals surface area contributed by atoms with Crippen LogP contribution in [-0.2, 0) is 0 Å². The van der Waals surface area contributed by atoms with Crippen LogP contribution < -0.4 is 0 Å². The zero-order valence-corrected chi connectivity index (χ0v) is 11.4. The van der Waals surface area contributed by atoms with Crippen LogP contribution in [0.15, 0.2) is 41.1 Å². The fourth-order valence-corrected chi connectivity index (χ4v) is 2.27. The smallest absolute Gasteiger partial charge is 0.106 e. The van der Waals surface area contributed by atoms with Crippen LogP contribution in [0.25, 0.3) is 0 Å². The Bertz CT molecular complexity index is 539. The topological polar surface area (TPSA) is 33.1 Å². The quantitative estimate of drug-likeness (QED) is 0.918. The molecule has 3 heteroatoms. The molecule has 1 unspecified atom stereocenters. The van der Waals surface area contributed by atoms with Gasteiger partial charge in [0.1, 0.15) is 6.10 Å². The van der Waals surface area contributed by atoms with Crippen molar-refractivity contribution in [3.05, 3.63) is 63.4 Å². The summed E-state index contributed by atoms with van der Waals surface area (Å²) in [5, 5.41) is 10.3. The Balaban J connectivity index is 2.40. The number of nitrogens with zero attached hydrogens (tertiary/aromatic N) is 1. The highest BCUT2D eigenvalue weighted by molar-refractivity contribution is 9.10. The molecular weight excluding hydrogens is 278 g/mol. The third-order valence-electron chi connectivity index (χ3n) is 2.76. The van der Waals surface area contributed by atoms with Crippen LogP contribution in [0, 0.1) is 13.8 Å². The average molecular weight is 292 g/mol. The molecule has 1 atom stereocenters. The van der Waals surface area contributed by atoms with E-state index < -0.39 is 6.10 Å². The molecule has 0 spiro atoms. The lowest BCUT2D eigenvalue weighted by Crippen LogP contribution is -2.02. The van der Waals surface area contributed by atoms with Gasteiger partial charge < -0.3 is 5.11 Å². The summed E-state index contributed by atoms with van der Waals surface area (Å²) < 4.78 is 0.874. The second-order valence-electron chi connectivity index (χ2n) is 4.20. The lowest BCUT2D eigenvalue weighted by atomic mass is 9.97. The number of aromatic nitrogens is 1. The molecule has 0 amide bonds. The third-order valence-corrected chi connectivity index (χ3v) is 3.20. The van der Waals surface area contributed by atoms with Crippen molar-refractivity contribution < 1.29 is 5.11 Å². The van der Waals surface area contributed by atoms with E-state index in [1.54, 1.807) is 12.4 Å². The lowest BCUT2D eigenvalue weighted by Gasteiger charge is -2.14. The second kappa shape index (κ2) is 4.98. The number of aliphatic hydroxyl groups is 1. The molecule has 1 aromatic heterocycles. The monoisotopic (exact) mass is 291 g/mol. The molecule has 0 saturated heterocycles. The number of pyridine rings is 1. The van der Waals surface area contributed by atoms with E-state index in [1.165, 1.54) is 5.56 Å². The number of hydrogen-bond acceptors (Lipinski definition) is 2. The summed E-state index contributed by atoms with van der Waals surface area (Å²) >= 11 is 3.36. The first-order valence-electron chi connectivity index (χ1n) is 5.43. The molecule has 1 N–H and O–H groups in total. The minimum Gasteiger partial charge on any atom is -0.384 e. The molecule has 1 aromatic carbocycles. The zero-order valence-electron chi connectivity index (χ0n) is 9.81. The molecule has 17 heavy (non-hydrogen) atoms. The largest absolute Gasteiger partial charge is 0.384 e. The van der Waals surface area contributed by atoms with E-state index in [2.05, 4.69) is 27.0 Å². The minimum absolute atomic E-state index is 0.624. The van der Waals surface area contributed by atoms with Crippen molar-refractivity contribution in [2.24, 2.45) is 0 Å². The van der Waals surface area contributed by atoms with Crippen LogP contribution in [-0.4, -0.2) is 10.1 Å². The standard InChI is InChI=1S/C14H14BrNO/c1-9-3-4-13(10(2)5-9)14(17)11-6-12(15)8-16-7-11/h3-8,14,17H,1-2H3. The van der Waals surface area contributed by atoms with Gasteiger partial charge in [0.25, 0.3) is 0 Å². The van der Waals surface area contributed by atoms with Crippen LogP contribution in [0.3, 0.4) is 0 Å². The number of aliphatic hydroxyl groups excluding tert-OH is 1. The number of benzene rings is 1. The maximum atomic E-state index is 10.3. The zero-order chi connectivity index (χ0) is 12.4. The van der Waals surface area contributed by atoms with Crippen LogP contribution in [0.4, 0.5) is 0 Å². The van der Waals surface area contributed by atoms with Crippen LogP contribution in [0.5, 0.6) is 0 Å². The molecule has 0 bridgehead atoms. The predicted octanol–water partition coefficient (Wildman–Crippen LogP) is 3.54. The van der Waals surface area contributed by atoms with Crippen molar-refractivity contribution in [1.29, 1.82) is 0 Å². The molecule has 0 radical (unpaired) electrons. The Morgan fingerprint density at radius 2 is 1.94 bits per heavy atom. The Kier molecular flexibility index (Phi) is 3.60. The molecule has 2 rings (SSSR count). The molecule has 0 saturated carbocycles. The van der Waals surface area contributed by atoms with Gasteiger partial charge in [-0.25, -0.2) is 0 Å². The van der Waals surface area contributed by atoms with Crippen molar-refractivity contribution >= 4 is 15.9 Å². The van der Waals surface area contributed by atoms with Gasteiger partial charge in [-0.2, -0.15) is 0 Å². The Labute approximate surface area is 109 Å². The van der Waals surface area contributed by atoms with Crippen LogP contribution in [0.1, 0.15) is 28.4 Å². The average Bonchev–Trinajstić information content (AvgIpc) is 2.28. The number of rotatable bonds is 2. The normalized spacial score (nSPS) is 12.5. The van der Waals surface area contributed by atoms with Gasteiger partial charge >= 0.3 is 0 Å². The van der Waals surface area contributed by atoms with Gasteiger partial charge in [0, 0.05) is 22.4 Å². The molecule has 0 aliphatic heterocycles.